The molecule has 0 aliphatic carbocycles. The number of aryl methyl sites for hydroxylation is 1. The van der Waals surface area contributed by atoms with Crippen molar-refractivity contribution in [2.75, 3.05) is 6.26 Å². The molecule has 0 spiro atoms. The van der Waals surface area contributed by atoms with Crippen molar-refractivity contribution in [1.29, 1.82) is 0 Å². The number of aromatic nitrogens is 4. The van der Waals surface area contributed by atoms with Crippen LogP contribution in [0.3, 0.4) is 0 Å². The van der Waals surface area contributed by atoms with Crippen LogP contribution in [-0.2, 0) is 9.05 Å². The van der Waals surface area contributed by atoms with E-state index in [9.17, 15) is 13.2 Å². The number of rotatable bonds is 2. The fourth-order valence-corrected chi connectivity index (χ4v) is 3.76. The predicted molar refractivity (Wildman–Crippen MR) is 126 cm³/mol. The van der Waals surface area contributed by atoms with Crippen molar-refractivity contribution in [3.05, 3.63) is 66.6 Å². The van der Waals surface area contributed by atoms with E-state index in [4.69, 9.17) is 16.0 Å². The van der Waals surface area contributed by atoms with Gasteiger partial charge in [0.15, 0.2) is 5.82 Å². The standard InChI is InChI=1S/C17H9Br2ClN4O2.CH3ClO2S/c1-8-5-9(18)6-10-14(8)22-16(26-17(10)25)12-7-13(19)23-24(12)15-11(20)3-2-4-21-15;1-5(2,3)4/h2-7H,1H3;1H3. The lowest BCUT2D eigenvalue weighted by atomic mass is 10.1. The molecule has 0 aliphatic heterocycles. The molecule has 31 heavy (non-hydrogen) atoms. The summed E-state index contributed by atoms with van der Waals surface area (Å²) in [7, 11) is 1.31. The molecule has 0 radical (unpaired) electrons. The minimum absolute atomic E-state index is 0.132. The van der Waals surface area contributed by atoms with E-state index in [0.29, 0.717) is 32.0 Å². The van der Waals surface area contributed by atoms with Crippen LogP contribution in [0.2, 0.25) is 5.02 Å². The van der Waals surface area contributed by atoms with Gasteiger partial charge in [-0.25, -0.2) is 27.9 Å². The van der Waals surface area contributed by atoms with Crippen LogP contribution < -0.4 is 5.63 Å². The Morgan fingerprint density at radius 3 is 2.52 bits per heavy atom. The molecule has 0 bridgehead atoms. The average Bonchev–Trinajstić information content (AvgIpc) is 3.03. The Kier molecular flexibility index (Phi) is 7.21. The number of hydrogen-bond acceptors (Lipinski definition) is 7. The first-order chi connectivity index (χ1) is 14.4. The van der Waals surface area contributed by atoms with Gasteiger partial charge in [-0.2, -0.15) is 5.10 Å². The fourth-order valence-electron chi connectivity index (χ4n) is 2.62. The summed E-state index contributed by atoms with van der Waals surface area (Å²) < 4.78 is 27.1. The maximum absolute atomic E-state index is 12.5. The predicted octanol–water partition coefficient (Wildman–Crippen LogP) is 5.11. The minimum atomic E-state index is -3.19. The lowest BCUT2D eigenvalue weighted by Crippen LogP contribution is -2.08. The first-order valence-electron chi connectivity index (χ1n) is 8.31. The molecule has 162 valence electrons. The molecule has 4 aromatic rings. The molecule has 0 unspecified atom stereocenters. The van der Waals surface area contributed by atoms with E-state index < -0.39 is 14.7 Å². The third kappa shape index (κ3) is 5.92. The highest BCUT2D eigenvalue weighted by atomic mass is 79.9. The number of benzene rings is 1. The maximum Gasteiger partial charge on any atom is 0.347 e. The van der Waals surface area contributed by atoms with Crippen LogP contribution in [0, 0.1) is 6.92 Å². The molecule has 3 heterocycles. The van der Waals surface area contributed by atoms with E-state index in [0.717, 1.165) is 16.3 Å². The number of halogens is 4. The molecule has 4 rings (SSSR count). The molecular formula is C18H12Br2Cl2N4O4S. The second kappa shape index (κ2) is 9.37. The van der Waals surface area contributed by atoms with Crippen LogP contribution in [-0.4, -0.2) is 34.4 Å². The summed E-state index contributed by atoms with van der Waals surface area (Å²) in [6, 6.07) is 8.69. The molecule has 13 heteroatoms. The van der Waals surface area contributed by atoms with Crippen molar-refractivity contribution < 1.29 is 12.8 Å². The van der Waals surface area contributed by atoms with Gasteiger partial charge in [0, 0.05) is 27.4 Å². The Morgan fingerprint density at radius 2 is 1.87 bits per heavy atom. The highest BCUT2D eigenvalue weighted by molar-refractivity contribution is 9.10. The quantitative estimate of drug-likeness (QED) is 0.290. The third-order valence-electron chi connectivity index (χ3n) is 3.73. The van der Waals surface area contributed by atoms with Gasteiger partial charge in [-0.3, -0.25) is 0 Å². The van der Waals surface area contributed by atoms with E-state index in [2.05, 4.69) is 57.6 Å². The van der Waals surface area contributed by atoms with E-state index in [1.807, 2.05) is 13.0 Å². The monoisotopic (exact) mass is 608 g/mol. The van der Waals surface area contributed by atoms with E-state index >= 15 is 0 Å². The Morgan fingerprint density at radius 1 is 1.19 bits per heavy atom. The molecule has 1 aromatic carbocycles. The molecule has 0 N–H and O–H groups in total. The molecule has 8 nitrogen and oxygen atoms in total. The Labute approximate surface area is 202 Å². The summed E-state index contributed by atoms with van der Waals surface area (Å²) in [5.41, 5.74) is 1.39. The van der Waals surface area contributed by atoms with Crippen LogP contribution in [0.25, 0.3) is 28.3 Å². The van der Waals surface area contributed by atoms with Crippen molar-refractivity contribution in [3.8, 4) is 17.4 Å². The Bertz CT molecular complexity index is 1450. The van der Waals surface area contributed by atoms with Crippen LogP contribution in [0.4, 0.5) is 0 Å². The second-order valence-electron chi connectivity index (χ2n) is 6.18. The van der Waals surface area contributed by atoms with Crippen LogP contribution in [0.15, 0.2) is 54.8 Å². The summed E-state index contributed by atoms with van der Waals surface area (Å²) in [5, 5.41) is 5.16. The smallest absolute Gasteiger partial charge is 0.347 e. The van der Waals surface area contributed by atoms with Gasteiger partial charge < -0.3 is 4.42 Å². The van der Waals surface area contributed by atoms with Crippen molar-refractivity contribution in [2.45, 2.75) is 6.92 Å². The molecule has 0 saturated heterocycles. The van der Waals surface area contributed by atoms with Crippen LogP contribution in [0.5, 0.6) is 0 Å². The summed E-state index contributed by atoms with van der Waals surface area (Å²) in [4.78, 5) is 21.3. The zero-order chi connectivity index (χ0) is 22.9. The van der Waals surface area contributed by atoms with Gasteiger partial charge >= 0.3 is 5.63 Å². The number of hydrogen-bond donors (Lipinski definition) is 0. The number of pyridine rings is 1. The first-order valence-corrected chi connectivity index (χ1v) is 13.0. The zero-order valence-electron chi connectivity index (χ0n) is 15.8. The van der Waals surface area contributed by atoms with E-state index in [1.54, 1.807) is 30.5 Å². The maximum atomic E-state index is 12.5. The van der Waals surface area contributed by atoms with Crippen molar-refractivity contribution in [1.82, 2.24) is 19.7 Å². The van der Waals surface area contributed by atoms with E-state index in [1.165, 1.54) is 4.68 Å². The number of fused-ring (bicyclic) bond motifs is 1. The van der Waals surface area contributed by atoms with Gasteiger partial charge in [-0.1, -0.05) is 27.5 Å². The lowest BCUT2D eigenvalue weighted by molar-refractivity contribution is 0.513. The zero-order valence-corrected chi connectivity index (χ0v) is 21.3. The molecule has 0 saturated carbocycles. The Balaban J connectivity index is 0.000000491. The summed E-state index contributed by atoms with van der Waals surface area (Å²) in [6.45, 7) is 1.88. The minimum Gasteiger partial charge on any atom is -0.401 e. The number of nitrogens with zero attached hydrogens (tertiary/aromatic N) is 4. The van der Waals surface area contributed by atoms with Crippen LogP contribution in [0.1, 0.15) is 5.56 Å². The molecule has 3 aromatic heterocycles. The topological polar surface area (TPSA) is 108 Å². The largest absolute Gasteiger partial charge is 0.401 e. The van der Waals surface area contributed by atoms with E-state index in [-0.39, 0.29) is 5.89 Å². The SMILES string of the molecule is CS(=O)(=O)Cl.Cc1cc(Br)cc2c(=O)oc(-c3cc(Br)nn3-c3ncccc3Cl)nc12. The first kappa shape index (κ1) is 23.9. The van der Waals surface area contributed by atoms with Crippen LogP contribution >= 0.6 is 54.1 Å². The van der Waals surface area contributed by atoms with Crippen molar-refractivity contribution in [2.24, 2.45) is 0 Å². The highest BCUT2D eigenvalue weighted by Crippen LogP contribution is 2.28. The highest BCUT2D eigenvalue weighted by Gasteiger charge is 2.19. The van der Waals surface area contributed by atoms with Crippen molar-refractivity contribution in [3.63, 3.8) is 0 Å². The summed E-state index contributed by atoms with van der Waals surface area (Å²) in [5.74, 6) is 0.541. The molecule has 0 fully saturated rings. The van der Waals surface area contributed by atoms with Gasteiger partial charge in [-0.05, 0) is 52.7 Å². The van der Waals surface area contributed by atoms with Gasteiger partial charge in [0.2, 0.25) is 14.9 Å². The molecule has 0 atom stereocenters. The summed E-state index contributed by atoms with van der Waals surface area (Å²) >= 11 is 13.0. The third-order valence-corrected chi connectivity index (χ3v) is 4.87. The normalized spacial score (nSPS) is 11.3. The van der Waals surface area contributed by atoms with Crippen molar-refractivity contribution >= 4 is 74.1 Å². The van der Waals surface area contributed by atoms with Gasteiger partial charge in [0.25, 0.3) is 0 Å². The van der Waals surface area contributed by atoms with Gasteiger partial charge in [0.1, 0.15) is 10.3 Å². The fraction of sp³-hybridized carbons (Fsp3) is 0.111. The average molecular weight is 611 g/mol. The lowest BCUT2D eigenvalue weighted by Gasteiger charge is -2.08. The van der Waals surface area contributed by atoms with Gasteiger partial charge in [0.05, 0.1) is 22.2 Å². The summed E-state index contributed by atoms with van der Waals surface area (Å²) in [6.07, 6.45) is 2.53. The molecular weight excluding hydrogens is 599 g/mol. The second-order valence-corrected chi connectivity index (χ2v) is 11.4. The Hall–Kier alpha value is -1.79. The van der Waals surface area contributed by atoms with Gasteiger partial charge in [-0.15, -0.1) is 0 Å². The molecule has 0 amide bonds. The molecule has 0 aliphatic rings.